The van der Waals surface area contributed by atoms with Gasteiger partial charge >= 0.3 is 5.97 Å². The molecule has 1 atom stereocenters. The van der Waals surface area contributed by atoms with Crippen LogP contribution in [0.1, 0.15) is 49.1 Å². The fraction of sp³-hybridized carbons (Fsp3) is 0.273. The minimum Gasteiger partial charge on any atom is -0.493 e. The summed E-state index contributed by atoms with van der Waals surface area (Å²) in [5.74, 6) is -0.234. The first-order valence-corrected chi connectivity index (χ1v) is 13.4. The quantitative estimate of drug-likeness (QED) is 0.260. The van der Waals surface area contributed by atoms with Gasteiger partial charge in [-0.05, 0) is 91.4 Å². The fourth-order valence-corrected chi connectivity index (χ4v) is 5.84. The Morgan fingerprint density at radius 2 is 1.77 bits per heavy atom. The second-order valence-electron chi connectivity index (χ2n) is 11.3. The van der Waals surface area contributed by atoms with E-state index in [1.165, 1.54) is 11.9 Å². The maximum atomic E-state index is 12.8. The number of pyridine rings is 1. The molecule has 0 amide bonds. The van der Waals surface area contributed by atoms with Gasteiger partial charge < -0.3 is 14.6 Å². The maximum absolute atomic E-state index is 12.8. The third-order valence-corrected chi connectivity index (χ3v) is 7.51. The summed E-state index contributed by atoms with van der Waals surface area (Å²) >= 11 is 0. The highest BCUT2D eigenvalue weighted by molar-refractivity contribution is 6.10. The summed E-state index contributed by atoms with van der Waals surface area (Å²) in [5, 5.41) is 13.4. The molecule has 7 heteroatoms. The first-order valence-electron chi connectivity index (χ1n) is 13.4. The van der Waals surface area contributed by atoms with Crippen LogP contribution in [0.4, 0.5) is 0 Å². The van der Waals surface area contributed by atoms with E-state index in [2.05, 4.69) is 35.1 Å². The fourth-order valence-electron chi connectivity index (χ4n) is 5.84. The van der Waals surface area contributed by atoms with Gasteiger partial charge in [-0.25, -0.2) is 14.8 Å². The molecule has 0 saturated carbocycles. The van der Waals surface area contributed by atoms with E-state index in [0.717, 1.165) is 67.2 Å². The molecule has 0 radical (unpaired) electrons. The minimum atomic E-state index is -1.18. The van der Waals surface area contributed by atoms with E-state index in [1.807, 2.05) is 52.1 Å². The molecule has 7 nitrogen and oxygen atoms in total. The van der Waals surface area contributed by atoms with E-state index < -0.39 is 17.7 Å². The topological polar surface area (TPSA) is 94.4 Å². The van der Waals surface area contributed by atoms with Crippen molar-refractivity contribution in [1.29, 1.82) is 0 Å². The number of benzene rings is 3. The van der Waals surface area contributed by atoms with Gasteiger partial charge in [-0.3, -0.25) is 4.98 Å². The van der Waals surface area contributed by atoms with Gasteiger partial charge in [-0.15, -0.1) is 0 Å². The Morgan fingerprint density at radius 3 is 2.50 bits per heavy atom. The molecule has 1 aliphatic heterocycles. The monoisotopic (exact) mass is 533 g/mol. The molecule has 0 aliphatic carbocycles. The standard InChI is InChI=1S/C33H31N3O4/c1-18-14-25-19(2)22(21-15-34-17-35-16-21)6-7-23(25)29(27(18)31(32(37)38)40-33(3,4)5)24-8-9-26-28-20(11-13-39-26)10-12-36-30(24)28/h6-10,12,14-17,31H,11,13H2,1-5H3,(H,37,38)/t31-/m0/s1. The zero-order chi connectivity index (χ0) is 28.2. The maximum Gasteiger partial charge on any atom is 0.337 e. The van der Waals surface area contributed by atoms with Crippen LogP contribution in [0.2, 0.25) is 0 Å². The van der Waals surface area contributed by atoms with Crippen molar-refractivity contribution in [2.75, 3.05) is 6.61 Å². The molecule has 0 bridgehead atoms. The lowest BCUT2D eigenvalue weighted by molar-refractivity contribution is -0.160. The molecule has 202 valence electrons. The van der Waals surface area contributed by atoms with Gasteiger partial charge in [0, 0.05) is 47.1 Å². The van der Waals surface area contributed by atoms with Crippen molar-refractivity contribution >= 4 is 27.6 Å². The van der Waals surface area contributed by atoms with Gasteiger partial charge in [0.2, 0.25) is 0 Å². The van der Waals surface area contributed by atoms with Crippen molar-refractivity contribution in [3.8, 4) is 28.0 Å². The van der Waals surface area contributed by atoms with Gasteiger partial charge in [0.15, 0.2) is 6.10 Å². The summed E-state index contributed by atoms with van der Waals surface area (Å²) in [4.78, 5) is 26.0. The SMILES string of the molecule is Cc1cc2c(C)c(-c3cncnc3)ccc2c(-c2ccc3c4c(ccnc24)CCO3)c1[C@H](OC(C)(C)C)C(=O)O. The Morgan fingerprint density at radius 1 is 1.02 bits per heavy atom. The van der Waals surface area contributed by atoms with E-state index >= 15 is 0 Å². The van der Waals surface area contributed by atoms with Crippen molar-refractivity contribution < 1.29 is 19.4 Å². The second-order valence-corrected chi connectivity index (χ2v) is 11.3. The van der Waals surface area contributed by atoms with Crippen LogP contribution in [0.3, 0.4) is 0 Å². The average molecular weight is 534 g/mol. The van der Waals surface area contributed by atoms with E-state index in [9.17, 15) is 9.90 Å². The van der Waals surface area contributed by atoms with Crippen LogP contribution in [0.15, 0.2) is 61.3 Å². The number of aliphatic carboxylic acids is 1. The van der Waals surface area contributed by atoms with E-state index in [1.54, 1.807) is 12.4 Å². The molecule has 0 fully saturated rings. The van der Waals surface area contributed by atoms with Crippen LogP contribution >= 0.6 is 0 Å². The summed E-state index contributed by atoms with van der Waals surface area (Å²) in [6, 6.07) is 12.2. The smallest absolute Gasteiger partial charge is 0.337 e. The summed E-state index contributed by atoms with van der Waals surface area (Å²) < 4.78 is 12.2. The lowest BCUT2D eigenvalue weighted by Gasteiger charge is -2.29. The van der Waals surface area contributed by atoms with Crippen LogP contribution in [0.25, 0.3) is 43.9 Å². The van der Waals surface area contributed by atoms with Gasteiger partial charge in [-0.1, -0.05) is 18.2 Å². The number of hydrogen-bond acceptors (Lipinski definition) is 6. The Bertz CT molecular complexity index is 1780. The van der Waals surface area contributed by atoms with Crippen LogP contribution in [-0.2, 0) is 16.0 Å². The third-order valence-electron chi connectivity index (χ3n) is 7.51. The van der Waals surface area contributed by atoms with E-state index in [4.69, 9.17) is 14.5 Å². The first kappa shape index (κ1) is 25.9. The molecule has 2 aromatic heterocycles. The Hall–Kier alpha value is -4.36. The number of carbonyl (C=O) groups is 1. The van der Waals surface area contributed by atoms with Gasteiger partial charge in [-0.2, -0.15) is 0 Å². The molecule has 3 aromatic carbocycles. The number of nitrogens with zero attached hydrogens (tertiary/aromatic N) is 3. The molecule has 5 aromatic rings. The largest absolute Gasteiger partial charge is 0.493 e. The van der Waals surface area contributed by atoms with Crippen molar-refractivity contribution in [3.63, 3.8) is 0 Å². The number of aryl methyl sites for hydroxylation is 2. The van der Waals surface area contributed by atoms with Crippen molar-refractivity contribution in [1.82, 2.24) is 15.0 Å². The number of rotatable bonds is 5. The molecular formula is C33H31N3O4. The number of hydrogen-bond donors (Lipinski definition) is 1. The molecule has 0 saturated heterocycles. The van der Waals surface area contributed by atoms with Crippen LogP contribution < -0.4 is 4.74 Å². The molecule has 1 aliphatic rings. The zero-order valence-corrected chi connectivity index (χ0v) is 23.3. The highest BCUT2D eigenvalue weighted by Crippen LogP contribution is 2.46. The van der Waals surface area contributed by atoms with E-state index in [-0.39, 0.29) is 0 Å². The van der Waals surface area contributed by atoms with Gasteiger partial charge in [0.25, 0.3) is 0 Å². The van der Waals surface area contributed by atoms with Crippen molar-refractivity contribution in [2.45, 2.75) is 52.7 Å². The number of ether oxygens (including phenoxy) is 2. The second kappa shape index (κ2) is 9.68. The number of fused-ring (bicyclic) bond motifs is 1. The average Bonchev–Trinajstić information content (AvgIpc) is 2.92. The molecular weight excluding hydrogens is 502 g/mol. The van der Waals surface area contributed by atoms with Crippen LogP contribution in [0, 0.1) is 13.8 Å². The number of carboxylic acid groups (broad SMARTS) is 1. The molecule has 6 rings (SSSR count). The van der Waals surface area contributed by atoms with Crippen LogP contribution in [0.5, 0.6) is 5.75 Å². The summed E-state index contributed by atoms with van der Waals surface area (Å²) in [6.45, 7) is 10.3. The van der Waals surface area contributed by atoms with Crippen LogP contribution in [-0.4, -0.2) is 38.2 Å². The summed E-state index contributed by atoms with van der Waals surface area (Å²) in [7, 11) is 0. The minimum absolute atomic E-state index is 0.621. The Balaban J connectivity index is 1.73. The highest BCUT2D eigenvalue weighted by Gasteiger charge is 2.33. The predicted octanol–water partition coefficient (Wildman–Crippen LogP) is 7.00. The zero-order valence-electron chi connectivity index (χ0n) is 23.3. The van der Waals surface area contributed by atoms with Gasteiger partial charge in [0.05, 0.1) is 17.7 Å². The van der Waals surface area contributed by atoms with Crippen molar-refractivity contribution in [3.05, 3.63) is 83.6 Å². The molecule has 0 spiro atoms. The first-order chi connectivity index (χ1) is 19.1. The van der Waals surface area contributed by atoms with Gasteiger partial charge in [0.1, 0.15) is 12.1 Å². The lowest BCUT2D eigenvalue weighted by atomic mass is 9.83. The molecule has 0 unspecified atom stereocenters. The Labute approximate surface area is 232 Å². The third kappa shape index (κ3) is 4.36. The number of carboxylic acids is 1. The summed E-state index contributed by atoms with van der Waals surface area (Å²) in [6.07, 6.45) is 6.57. The highest BCUT2D eigenvalue weighted by atomic mass is 16.5. The summed E-state index contributed by atoms with van der Waals surface area (Å²) in [5.41, 5.74) is 7.42. The molecule has 3 heterocycles. The van der Waals surface area contributed by atoms with E-state index in [0.29, 0.717) is 12.2 Å². The molecule has 40 heavy (non-hydrogen) atoms. The van der Waals surface area contributed by atoms with Crippen molar-refractivity contribution in [2.24, 2.45) is 0 Å². The normalized spacial score (nSPS) is 13.8. The Kier molecular flexibility index (Phi) is 6.27. The predicted molar refractivity (Wildman–Crippen MR) is 156 cm³/mol. The number of aromatic nitrogens is 3. The molecule has 1 N–H and O–H groups in total. The lowest BCUT2D eigenvalue weighted by Crippen LogP contribution is -2.28.